The van der Waals surface area contributed by atoms with E-state index >= 15 is 0 Å². The maximum absolute atomic E-state index is 10.5. The summed E-state index contributed by atoms with van der Waals surface area (Å²) < 4.78 is 0. The molecule has 0 aliphatic heterocycles. The average molecular weight is 278 g/mol. The Hall–Kier alpha value is -1.36. The lowest BCUT2D eigenvalue weighted by Gasteiger charge is -2.30. The van der Waals surface area contributed by atoms with E-state index in [0.29, 0.717) is 6.54 Å². The fraction of sp³-hybridized carbons (Fsp3) is 0.733. The lowest BCUT2D eigenvalue weighted by atomic mass is 10.0. The summed E-state index contributed by atoms with van der Waals surface area (Å²) in [6.07, 6.45) is 6.68. The summed E-state index contributed by atoms with van der Waals surface area (Å²) in [6, 6.07) is 0. The van der Waals surface area contributed by atoms with Crippen LogP contribution in [0.25, 0.3) is 0 Å². The minimum atomic E-state index is -0.552. The molecule has 5 nitrogen and oxygen atoms in total. The predicted molar refractivity (Wildman–Crippen MR) is 82.2 cm³/mol. The molecule has 1 heterocycles. The highest BCUT2D eigenvalue weighted by atomic mass is 16.3. The Bertz CT molecular complexity index is 443. The number of nitrogens with one attached hydrogen (secondary N) is 1. The first-order valence-electron chi connectivity index (χ1n) is 7.55. The first kappa shape index (κ1) is 15.0. The number of hydrogen-bond donors (Lipinski definition) is 2. The second-order valence-electron chi connectivity index (χ2n) is 5.89. The van der Waals surface area contributed by atoms with Gasteiger partial charge < -0.3 is 15.3 Å². The molecule has 0 amide bonds. The van der Waals surface area contributed by atoms with E-state index in [4.69, 9.17) is 0 Å². The second kappa shape index (κ2) is 6.39. The molecular weight excluding hydrogens is 252 g/mol. The zero-order valence-electron chi connectivity index (χ0n) is 12.8. The van der Waals surface area contributed by atoms with Crippen LogP contribution in [0.2, 0.25) is 0 Å². The molecule has 0 atom stereocenters. The van der Waals surface area contributed by atoms with Crippen molar-refractivity contribution in [2.24, 2.45) is 0 Å². The third-order valence-electron chi connectivity index (χ3n) is 4.03. The van der Waals surface area contributed by atoms with Gasteiger partial charge in [0.25, 0.3) is 0 Å². The van der Waals surface area contributed by atoms with Gasteiger partial charge in [0.15, 0.2) is 0 Å². The van der Waals surface area contributed by atoms with Crippen LogP contribution in [0.1, 0.15) is 44.6 Å². The molecular formula is C15H26N4O. The highest BCUT2D eigenvalue weighted by Gasteiger charge is 2.33. The number of aromatic nitrogens is 2. The molecule has 2 rings (SSSR count). The van der Waals surface area contributed by atoms with E-state index in [9.17, 15) is 5.11 Å². The molecule has 1 fully saturated rings. The Morgan fingerprint density at radius 3 is 2.70 bits per heavy atom. The molecule has 0 bridgehead atoms. The molecule has 1 aliphatic rings. The summed E-state index contributed by atoms with van der Waals surface area (Å²) in [4.78, 5) is 10.7. The van der Waals surface area contributed by atoms with Crippen molar-refractivity contribution < 1.29 is 5.11 Å². The first-order valence-corrected chi connectivity index (χ1v) is 7.55. The molecule has 0 saturated heterocycles. The van der Waals surface area contributed by atoms with Crippen molar-refractivity contribution in [1.29, 1.82) is 0 Å². The van der Waals surface area contributed by atoms with E-state index in [-0.39, 0.29) is 0 Å². The van der Waals surface area contributed by atoms with Crippen molar-refractivity contribution >= 4 is 11.6 Å². The third-order valence-corrected chi connectivity index (χ3v) is 4.03. The normalized spacial score (nSPS) is 17.2. The fourth-order valence-electron chi connectivity index (χ4n) is 2.95. The van der Waals surface area contributed by atoms with Crippen molar-refractivity contribution in [2.75, 3.05) is 30.4 Å². The average Bonchev–Trinajstić information content (AvgIpc) is 2.84. The minimum Gasteiger partial charge on any atom is -0.388 e. The quantitative estimate of drug-likeness (QED) is 0.836. The van der Waals surface area contributed by atoms with Crippen molar-refractivity contribution in [1.82, 2.24) is 9.97 Å². The van der Waals surface area contributed by atoms with Crippen LogP contribution in [0.15, 0.2) is 6.33 Å². The van der Waals surface area contributed by atoms with Crippen LogP contribution in [0.4, 0.5) is 11.6 Å². The summed E-state index contributed by atoms with van der Waals surface area (Å²) in [5, 5.41) is 13.8. The van der Waals surface area contributed by atoms with E-state index < -0.39 is 5.60 Å². The molecule has 1 aromatic heterocycles. The standard InChI is InChI=1S/C15H26N4O/c1-4-9-16-13-12(2)14(18-11-17-13)19(3)10-15(20)7-5-6-8-15/h11,20H,4-10H2,1-3H3,(H,16,17,18). The highest BCUT2D eigenvalue weighted by molar-refractivity contribution is 5.57. The van der Waals surface area contributed by atoms with Gasteiger partial charge in [-0.3, -0.25) is 0 Å². The van der Waals surface area contributed by atoms with Gasteiger partial charge in [-0.25, -0.2) is 9.97 Å². The second-order valence-corrected chi connectivity index (χ2v) is 5.89. The van der Waals surface area contributed by atoms with E-state index in [1.807, 2.05) is 14.0 Å². The van der Waals surface area contributed by atoms with Crippen LogP contribution in [0, 0.1) is 6.92 Å². The van der Waals surface area contributed by atoms with Crippen LogP contribution in [-0.4, -0.2) is 40.8 Å². The molecule has 1 saturated carbocycles. The van der Waals surface area contributed by atoms with E-state index in [1.165, 1.54) is 0 Å². The van der Waals surface area contributed by atoms with Gasteiger partial charge in [-0.15, -0.1) is 0 Å². The Balaban J connectivity index is 2.11. The van der Waals surface area contributed by atoms with Gasteiger partial charge in [0.1, 0.15) is 18.0 Å². The lowest BCUT2D eigenvalue weighted by Crippen LogP contribution is -2.39. The molecule has 5 heteroatoms. The first-order chi connectivity index (χ1) is 9.56. The number of likely N-dealkylation sites (N-methyl/N-ethyl adjacent to an activating group) is 1. The molecule has 0 spiro atoms. The van der Waals surface area contributed by atoms with Crippen molar-refractivity contribution in [2.45, 2.75) is 51.6 Å². The predicted octanol–water partition coefficient (Wildman–Crippen LogP) is 2.35. The van der Waals surface area contributed by atoms with Gasteiger partial charge in [0.05, 0.1) is 5.60 Å². The number of rotatable bonds is 6. The molecule has 2 N–H and O–H groups in total. The topological polar surface area (TPSA) is 61.3 Å². The molecule has 0 aromatic carbocycles. The summed E-state index contributed by atoms with van der Waals surface area (Å²) >= 11 is 0. The number of anilines is 2. The Labute approximate surface area is 121 Å². The largest absolute Gasteiger partial charge is 0.388 e. The summed E-state index contributed by atoms with van der Waals surface area (Å²) in [6.45, 7) is 5.71. The van der Waals surface area contributed by atoms with Crippen LogP contribution in [0.3, 0.4) is 0 Å². The summed E-state index contributed by atoms with van der Waals surface area (Å²) in [7, 11) is 2.00. The maximum Gasteiger partial charge on any atom is 0.136 e. The van der Waals surface area contributed by atoms with Gasteiger partial charge in [-0.05, 0) is 26.2 Å². The van der Waals surface area contributed by atoms with Crippen molar-refractivity contribution in [3.05, 3.63) is 11.9 Å². The fourth-order valence-corrected chi connectivity index (χ4v) is 2.95. The van der Waals surface area contributed by atoms with E-state index in [1.54, 1.807) is 6.33 Å². The maximum atomic E-state index is 10.5. The molecule has 0 unspecified atom stereocenters. The van der Waals surface area contributed by atoms with E-state index in [2.05, 4.69) is 27.1 Å². The van der Waals surface area contributed by atoms with Gasteiger partial charge in [-0.1, -0.05) is 19.8 Å². The Morgan fingerprint density at radius 1 is 1.35 bits per heavy atom. The Morgan fingerprint density at radius 2 is 2.05 bits per heavy atom. The van der Waals surface area contributed by atoms with Crippen LogP contribution in [0.5, 0.6) is 0 Å². The smallest absolute Gasteiger partial charge is 0.136 e. The van der Waals surface area contributed by atoms with Gasteiger partial charge in [-0.2, -0.15) is 0 Å². The Kier molecular flexibility index (Phi) is 4.81. The molecule has 0 radical (unpaired) electrons. The highest BCUT2D eigenvalue weighted by Crippen LogP contribution is 2.31. The number of aliphatic hydroxyl groups is 1. The zero-order valence-corrected chi connectivity index (χ0v) is 12.8. The SMILES string of the molecule is CCCNc1ncnc(N(C)CC2(O)CCCC2)c1C. The molecule has 112 valence electrons. The lowest BCUT2D eigenvalue weighted by molar-refractivity contribution is 0.0558. The van der Waals surface area contributed by atoms with Gasteiger partial charge >= 0.3 is 0 Å². The number of hydrogen-bond acceptors (Lipinski definition) is 5. The minimum absolute atomic E-state index is 0.552. The van der Waals surface area contributed by atoms with Gasteiger partial charge in [0, 0.05) is 25.7 Å². The monoisotopic (exact) mass is 278 g/mol. The molecule has 20 heavy (non-hydrogen) atoms. The van der Waals surface area contributed by atoms with Crippen LogP contribution >= 0.6 is 0 Å². The summed E-state index contributed by atoms with van der Waals surface area (Å²) in [5.74, 6) is 1.79. The molecule has 1 aliphatic carbocycles. The summed E-state index contributed by atoms with van der Waals surface area (Å²) in [5.41, 5.74) is 0.494. The van der Waals surface area contributed by atoms with Crippen molar-refractivity contribution in [3.8, 4) is 0 Å². The zero-order chi connectivity index (χ0) is 14.6. The van der Waals surface area contributed by atoms with Crippen molar-refractivity contribution in [3.63, 3.8) is 0 Å². The van der Waals surface area contributed by atoms with E-state index in [0.717, 1.165) is 55.8 Å². The third kappa shape index (κ3) is 3.39. The van der Waals surface area contributed by atoms with Gasteiger partial charge in [0.2, 0.25) is 0 Å². The molecule has 1 aromatic rings. The van der Waals surface area contributed by atoms with Crippen LogP contribution in [-0.2, 0) is 0 Å². The van der Waals surface area contributed by atoms with Crippen LogP contribution < -0.4 is 10.2 Å². The number of nitrogens with zero attached hydrogens (tertiary/aromatic N) is 3.